The quantitative estimate of drug-likeness (QED) is 0.331. The number of aromatic nitrogens is 4. The Balaban J connectivity index is 1.34. The largest absolute Gasteiger partial charge is 0.362 e. The fourth-order valence-corrected chi connectivity index (χ4v) is 3.95. The molecule has 4 rings (SSSR count). The van der Waals surface area contributed by atoms with Crippen molar-refractivity contribution in [2.75, 3.05) is 11.5 Å². The molecular weight excluding hydrogens is 463 g/mol. The van der Waals surface area contributed by atoms with Gasteiger partial charge in [-0.3, -0.25) is 9.05 Å². The third-order valence-electron chi connectivity index (χ3n) is 5.55. The van der Waals surface area contributed by atoms with Crippen LogP contribution in [0.4, 0.5) is 11.8 Å². The summed E-state index contributed by atoms with van der Waals surface area (Å²) in [6, 6.07) is 15.5. The van der Waals surface area contributed by atoms with E-state index in [9.17, 15) is 0 Å². The van der Waals surface area contributed by atoms with E-state index in [-0.39, 0.29) is 0 Å². The number of nitrogens with zero attached hydrogens (tertiary/aromatic N) is 4. The van der Waals surface area contributed by atoms with Gasteiger partial charge in [0.15, 0.2) is 13.1 Å². The minimum absolute atomic E-state index is 0.333. The van der Waals surface area contributed by atoms with Crippen molar-refractivity contribution < 1.29 is 18.4 Å². The molecule has 0 bridgehead atoms. The number of rotatable bonds is 10. The van der Waals surface area contributed by atoms with Crippen molar-refractivity contribution in [2.24, 2.45) is 0 Å². The average Bonchev–Trinajstić information content (AvgIpc) is 3.35. The Bertz CT molecular complexity index is 1100. The Labute approximate surface area is 201 Å². The van der Waals surface area contributed by atoms with E-state index in [1.807, 2.05) is 57.9 Å². The van der Waals surface area contributed by atoms with Gasteiger partial charge >= 0.3 is 0 Å². The summed E-state index contributed by atoms with van der Waals surface area (Å²) in [5.74, 6) is 0.667. The van der Waals surface area contributed by atoms with Crippen LogP contribution in [0, 0.1) is 0 Å². The second-order valence-corrected chi connectivity index (χ2v) is 8.69. The fourth-order valence-electron chi connectivity index (χ4n) is 3.70. The summed E-state index contributed by atoms with van der Waals surface area (Å²) in [4.78, 5) is 0. The third kappa shape index (κ3) is 6.03. The lowest BCUT2D eigenvalue weighted by molar-refractivity contribution is -0.768. The van der Waals surface area contributed by atoms with Gasteiger partial charge in [-0.1, -0.05) is 47.5 Å². The summed E-state index contributed by atoms with van der Waals surface area (Å²) < 4.78 is 14.1. The van der Waals surface area contributed by atoms with Crippen LogP contribution in [0.3, 0.4) is 0 Å². The topological polar surface area (TPSA) is 112 Å². The van der Waals surface area contributed by atoms with E-state index < -0.39 is 0 Å². The van der Waals surface area contributed by atoms with Gasteiger partial charge in [-0.05, 0) is 51.2 Å². The van der Waals surface area contributed by atoms with Crippen LogP contribution in [0.15, 0.2) is 57.6 Å². The molecule has 2 heterocycles. The molecule has 2 aromatic carbocycles. The van der Waals surface area contributed by atoms with Crippen molar-refractivity contribution in [3.05, 3.63) is 81.1 Å². The number of nitrogen functional groups attached to an aromatic ring is 2. The van der Waals surface area contributed by atoms with Gasteiger partial charge in [-0.15, -0.1) is 0 Å². The number of nitrogens with two attached hydrogens (primary N) is 2. The molecule has 0 spiro atoms. The summed E-state index contributed by atoms with van der Waals surface area (Å²) in [5.41, 5.74) is 16.1. The van der Waals surface area contributed by atoms with Gasteiger partial charge in [0.05, 0.1) is 0 Å². The van der Waals surface area contributed by atoms with Crippen LogP contribution >= 0.6 is 23.2 Å². The molecule has 172 valence electrons. The number of anilines is 2. The molecule has 0 fully saturated rings. The zero-order valence-corrected chi connectivity index (χ0v) is 19.6. The van der Waals surface area contributed by atoms with E-state index in [1.54, 1.807) is 0 Å². The van der Waals surface area contributed by atoms with Crippen LogP contribution < -0.4 is 20.8 Å². The SMILES string of the molecule is Nc1on[n+](CCc2ccc(Cl)cc2)c1CCCc1c(N)on[n+]1CCc1ccc(Cl)cc1. The van der Waals surface area contributed by atoms with Gasteiger partial charge in [0.25, 0.3) is 23.2 Å². The van der Waals surface area contributed by atoms with E-state index >= 15 is 0 Å². The minimum Gasteiger partial charge on any atom is -0.362 e. The predicted octanol–water partition coefficient (Wildman–Crippen LogP) is 3.37. The van der Waals surface area contributed by atoms with Crippen molar-refractivity contribution >= 4 is 35.0 Å². The van der Waals surface area contributed by atoms with Crippen molar-refractivity contribution in [2.45, 2.75) is 45.2 Å². The minimum atomic E-state index is 0.333. The Kier molecular flexibility index (Phi) is 7.47. The van der Waals surface area contributed by atoms with Crippen molar-refractivity contribution in [1.82, 2.24) is 10.5 Å². The van der Waals surface area contributed by atoms with Gasteiger partial charge < -0.3 is 11.5 Å². The van der Waals surface area contributed by atoms with Crippen molar-refractivity contribution in [3.63, 3.8) is 0 Å². The maximum absolute atomic E-state index is 6.03. The molecule has 0 unspecified atom stereocenters. The lowest BCUT2D eigenvalue weighted by Gasteiger charge is -1.99. The Morgan fingerprint density at radius 2 is 1.03 bits per heavy atom. The lowest BCUT2D eigenvalue weighted by Crippen LogP contribution is -2.41. The molecule has 0 aliphatic heterocycles. The smallest absolute Gasteiger partial charge is 0.296 e. The maximum Gasteiger partial charge on any atom is 0.296 e. The lowest BCUT2D eigenvalue weighted by atomic mass is 10.1. The van der Waals surface area contributed by atoms with Gasteiger partial charge in [0, 0.05) is 35.7 Å². The summed E-state index contributed by atoms with van der Waals surface area (Å²) in [6.45, 7) is 1.32. The highest BCUT2D eigenvalue weighted by molar-refractivity contribution is 6.30. The van der Waals surface area contributed by atoms with Crippen molar-refractivity contribution in [3.8, 4) is 0 Å². The molecule has 33 heavy (non-hydrogen) atoms. The molecule has 4 N–H and O–H groups in total. The fraction of sp³-hybridized carbons (Fsp3) is 0.304. The Morgan fingerprint density at radius 3 is 1.42 bits per heavy atom. The Hall–Kier alpha value is -3.10. The summed E-state index contributed by atoms with van der Waals surface area (Å²) in [7, 11) is 0. The molecule has 2 aromatic heterocycles. The molecule has 0 aliphatic rings. The summed E-state index contributed by atoms with van der Waals surface area (Å²) in [6.07, 6.45) is 3.77. The standard InChI is InChI=1S/C23H26Cl2N6O2/c24-18-8-4-16(5-9-18)12-14-30-20(22(26)32-28-30)2-1-3-21-23(27)33-29-31(21)15-13-17-6-10-19(25)11-7-17/h4-11H,1-3,12-15,26-27H2/q+2. The highest BCUT2D eigenvalue weighted by Crippen LogP contribution is 2.15. The van der Waals surface area contributed by atoms with Gasteiger partial charge in [-0.2, -0.15) is 0 Å². The van der Waals surface area contributed by atoms with Crippen LogP contribution in [-0.2, 0) is 38.8 Å². The highest BCUT2D eigenvalue weighted by Gasteiger charge is 2.26. The number of hydrogen-bond donors (Lipinski definition) is 2. The molecule has 4 aromatic rings. The molecule has 0 saturated carbocycles. The number of aryl methyl sites for hydroxylation is 4. The normalized spacial score (nSPS) is 11.2. The predicted molar refractivity (Wildman–Crippen MR) is 125 cm³/mol. The number of benzene rings is 2. The van der Waals surface area contributed by atoms with E-state index in [0.717, 1.165) is 40.7 Å². The first-order valence-electron chi connectivity index (χ1n) is 10.8. The van der Waals surface area contributed by atoms with E-state index in [4.69, 9.17) is 43.7 Å². The Morgan fingerprint density at radius 1 is 0.636 bits per heavy atom. The van der Waals surface area contributed by atoms with Gasteiger partial charge in [0.1, 0.15) is 0 Å². The second kappa shape index (κ2) is 10.7. The van der Waals surface area contributed by atoms with E-state index in [2.05, 4.69) is 10.5 Å². The maximum atomic E-state index is 6.03. The first-order valence-corrected chi connectivity index (χ1v) is 11.5. The first-order chi connectivity index (χ1) is 16.0. The summed E-state index contributed by atoms with van der Waals surface area (Å²) >= 11 is 11.9. The molecule has 0 saturated heterocycles. The monoisotopic (exact) mass is 488 g/mol. The number of halogens is 2. The summed E-state index contributed by atoms with van der Waals surface area (Å²) in [5, 5.41) is 9.61. The van der Waals surface area contributed by atoms with E-state index in [0.29, 0.717) is 37.7 Å². The molecule has 8 nitrogen and oxygen atoms in total. The van der Waals surface area contributed by atoms with Crippen LogP contribution in [0.2, 0.25) is 10.0 Å². The van der Waals surface area contributed by atoms with Crippen LogP contribution in [0.5, 0.6) is 0 Å². The van der Waals surface area contributed by atoms with Crippen LogP contribution in [0.25, 0.3) is 0 Å². The average molecular weight is 489 g/mol. The van der Waals surface area contributed by atoms with Crippen LogP contribution in [0.1, 0.15) is 28.9 Å². The van der Waals surface area contributed by atoms with Gasteiger partial charge in [-0.25, -0.2) is 0 Å². The molecule has 0 aliphatic carbocycles. The van der Waals surface area contributed by atoms with Gasteiger partial charge in [0.2, 0.25) is 10.5 Å². The zero-order valence-electron chi connectivity index (χ0n) is 18.1. The molecule has 0 atom stereocenters. The highest BCUT2D eigenvalue weighted by atomic mass is 35.5. The molecule has 0 radical (unpaired) electrons. The van der Waals surface area contributed by atoms with Crippen molar-refractivity contribution in [1.29, 1.82) is 0 Å². The third-order valence-corrected chi connectivity index (χ3v) is 6.05. The molecular formula is C23H26Cl2N6O2+2. The zero-order chi connectivity index (χ0) is 23.2. The van der Waals surface area contributed by atoms with E-state index in [1.165, 1.54) is 11.1 Å². The van der Waals surface area contributed by atoms with Crippen LogP contribution in [-0.4, -0.2) is 10.5 Å². The molecule has 0 amide bonds. The second-order valence-electron chi connectivity index (χ2n) is 7.82. The number of hydrogen-bond acceptors (Lipinski definition) is 6. The first kappa shape index (κ1) is 23.1. The molecule has 10 heteroatoms.